The Labute approximate surface area is 88.3 Å². The van der Waals surface area contributed by atoms with Crippen LogP contribution < -0.4 is 5.32 Å². The lowest BCUT2D eigenvalue weighted by Gasteiger charge is -2.23. The third kappa shape index (κ3) is 2.16. The van der Waals surface area contributed by atoms with E-state index in [9.17, 15) is 9.50 Å². The third-order valence-corrected chi connectivity index (χ3v) is 2.98. The van der Waals surface area contributed by atoms with E-state index < -0.39 is 0 Å². The summed E-state index contributed by atoms with van der Waals surface area (Å²) in [5.41, 5.74) is 0.615. The van der Waals surface area contributed by atoms with Crippen molar-refractivity contribution in [1.82, 2.24) is 10.3 Å². The van der Waals surface area contributed by atoms with E-state index in [2.05, 4.69) is 10.3 Å². The molecule has 0 bridgehead atoms. The number of hydrogen-bond donors (Lipinski definition) is 2. The van der Waals surface area contributed by atoms with Crippen LogP contribution in [0.5, 0.6) is 0 Å². The molecule has 2 heterocycles. The zero-order valence-corrected chi connectivity index (χ0v) is 8.70. The molecule has 2 rings (SSSR count). The van der Waals surface area contributed by atoms with Gasteiger partial charge in [0.15, 0.2) is 0 Å². The number of pyridine rings is 1. The number of rotatable bonds is 2. The average molecular weight is 210 g/mol. The van der Waals surface area contributed by atoms with E-state index in [0.717, 1.165) is 18.4 Å². The van der Waals surface area contributed by atoms with Crippen LogP contribution in [0.15, 0.2) is 18.5 Å². The van der Waals surface area contributed by atoms with Crippen LogP contribution in [0.2, 0.25) is 0 Å². The second-order valence-corrected chi connectivity index (χ2v) is 4.39. The number of aromatic nitrogens is 1. The first-order valence-corrected chi connectivity index (χ1v) is 5.12. The quantitative estimate of drug-likeness (QED) is 0.775. The summed E-state index contributed by atoms with van der Waals surface area (Å²) in [6.45, 7) is 2.08. The van der Waals surface area contributed by atoms with Crippen molar-refractivity contribution >= 4 is 0 Å². The smallest absolute Gasteiger partial charge is 0.141 e. The first kappa shape index (κ1) is 10.5. The van der Waals surface area contributed by atoms with E-state index in [-0.39, 0.29) is 24.0 Å². The van der Waals surface area contributed by atoms with Crippen molar-refractivity contribution in [3.63, 3.8) is 0 Å². The molecule has 3 nitrogen and oxygen atoms in total. The molecule has 0 aromatic carbocycles. The second kappa shape index (κ2) is 3.87. The summed E-state index contributed by atoms with van der Waals surface area (Å²) in [6.07, 6.45) is 4.67. The molecule has 0 spiro atoms. The number of aliphatic hydroxyl groups excluding tert-OH is 1. The third-order valence-electron chi connectivity index (χ3n) is 2.98. The van der Waals surface area contributed by atoms with Crippen LogP contribution in [0.3, 0.4) is 0 Å². The standard InChI is InChI=1S/C11H15FN2O/c1-11(7-15)3-2-10(14-11)8-4-9(12)6-13-5-8/h4-6,10,14-15H,2-3,7H2,1H3/t10-,11+/m1/s1. The molecule has 0 amide bonds. The molecule has 4 heteroatoms. The predicted molar refractivity (Wildman–Crippen MR) is 54.8 cm³/mol. The van der Waals surface area contributed by atoms with Gasteiger partial charge in [0.1, 0.15) is 5.82 Å². The molecule has 1 saturated heterocycles. The molecule has 0 unspecified atom stereocenters. The minimum absolute atomic E-state index is 0.102. The highest BCUT2D eigenvalue weighted by Gasteiger charge is 2.34. The Morgan fingerprint density at radius 1 is 1.67 bits per heavy atom. The van der Waals surface area contributed by atoms with E-state index in [1.165, 1.54) is 12.3 Å². The maximum Gasteiger partial charge on any atom is 0.141 e. The molecule has 1 aliphatic rings. The highest BCUT2D eigenvalue weighted by Crippen LogP contribution is 2.32. The van der Waals surface area contributed by atoms with E-state index >= 15 is 0 Å². The number of halogens is 1. The minimum Gasteiger partial charge on any atom is -0.394 e. The average Bonchev–Trinajstić information content (AvgIpc) is 2.62. The second-order valence-electron chi connectivity index (χ2n) is 4.39. The molecule has 1 aromatic rings. The Balaban J connectivity index is 2.14. The Morgan fingerprint density at radius 3 is 3.07 bits per heavy atom. The molecule has 0 aliphatic carbocycles. The highest BCUT2D eigenvalue weighted by atomic mass is 19.1. The summed E-state index contributed by atoms with van der Waals surface area (Å²) in [7, 11) is 0. The van der Waals surface area contributed by atoms with Gasteiger partial charge < -0.3 is 10.4 Å². The fourth-order valence-corrected chi connectivity index (χ4v) is 2.02. The molecule has 82 valence electrons. The van der Waals surface area contributed by atoms with Crippen LogP contribution in [-0.4, -0.2) is 22.2 Å². The summed E-state index contributed by atoms with van der Waals surface area (Å²) in [6, 6.07) is 1.60. The van der Waals surface area contributed by atoms with Gasteiger partial charge in [-0.3, -0.25) is 4.98 Å². The fourth-order valence-electron chi connectivity index (χ4n) is 2.02. The SMILES string of the molecule is C[C@@]1(CO)CC[C@H](c2cncc(F)c2)N1. The van der Waals surface area contributed by atoms with Gasteiger partial charge in [-0.2, -0.15) is 0 Å². The van der Waals surface area contributed by atoms with E-state index in [1.807, 2.05) is 6.92 Å². The highest BCUT2D eigenvalue weighted by molar-refractivity contribution is 5.18. The van der Waals surface area contributed by atoms with Gasteiger partial charge in [0, 0.05) is 17.8 Å². The summed E-state index contributed by atoms with van der Waals surface area (Å²) in [5, 5.41) is 12.5. The van der Waals surface area contributed by atoms with Crippen molar-refractivity contribution in [2.75, 3.05) is 6.61 Å². The van der Waals surface area contributed by atoms with Crippen molar-refractivity contribution in [3.8, 4) is 0 Å². The van der Waals surface area contributed by atoms with Crippen molar-refractivity contribution in [3.05, 3.63) is 29.8 Å². The van der Waals surface area contributed by atoms with Crippen molar-refractivity contribution < 1.29 is 9.50 Å². The van der Waals surface area contributed by atoms with Crippen LogP contribution in [0.25, 0.3) is 0 Å². The molecule has 2 atom stereocenters. The predicted octanol–water partition coefficient (Wildman–Crippen LogP) is 1.40. The topological polar surface area (TPSA) is 45.2 Å². The number of aliphatic hydroxyl groups is 1. The van der Waals surface area contributed by atoms with Crippen LogP contribution in [0.1, 0.15) is 31.4 Å². The largest absolute Gasteiger partial charge is 0.394 e. The number of nitrogens with one attached hydrogen (secondary N) is 1. The monoisotopic (exact) mass is 210 g/mol. The van der Waals surface area contributed by atoms with Crippen molar-refractivity contribution in [2.24, 2.45) is 0 Å². The van der Waals surface area contributed by atoms with E-state index in [4.69, 9.17) is 0 Å². The Hall–Kier alpha value is -1.00. The molecule has 1 fully saturated rings. The Morgan fingerprint density at radius 2 is 2.47 bits per heavy atom. The van der Waals surface area contributed by atoms with Crippen LogP contribution in [0.4, 0.5) is 4.39 Å². The maximum atomic E-state index is 13.0. The molecule has 1 aromatic heterocycles. The lowest BCUT2D eigenvalue weighted by molar-refractivity contribution is 0.187. The minimum atomic E-state index is -0.313. The van der Waals surface area contributed by atoms with E-state index in [0.29, 0.717) is 0 Å². The van der Waals surface area contributed by atoms with Gasteiger partial charge in [-0.1, -0.05) is 0 Å². The zero-order chi connectivity index (χ0) is 10.9. The van der Waals surface area contributed by atoms with Gasteiger partial charge in [0.25, 0.3) is 0 Å². The van der Waals surface area contributed by atoms with E-state index in [1.54, 1.807) is 6.20 Å². The summed E-state index contributed by atoms with van der Waals surface area (Å²) >= 11 is 0. The van der Waals surface area contributed by atoms with Gasteiger partial charge in [-0.15, -0.1) is 0 Å². The molecular weight excluding hydrogens is 195 g/mol. The number of hydrogen-bond acceptors (Lipinski definition) is 3. The lowest BCUT2D eigenvalue weighted by atomic mass is 10.0. The van der Waals surface area contributed by atoms with Gasteiger partial charge in [-0.05, 0) is 31.4 Å². The van der Waals surface area contributed by atoms with Gasteiger partial charge in [0.2, 0.25) is 0 Å². The summed E-state index contributed by atoms with van der Waals surface area (Å²) in [5.74, 6) is -0.313. The molecule has 2 N–H and O–H groups in total. The van der Waals surface area contributed by atoms with Crippen molar-refractivity contribution in [2.45, 2.75) is 31.3 Å². The molecule has 1 aliphatic heterocycles. The fraction of sp³-hybridized carbons (Fsp3) is 0.545. The Bertz CT molecular complexity index is 358. The molecular formula is C11H15FN2O. The first-order valence-electron chi connectivity index (χ1n) is 5.12. The molecule has 0 saturated carbocycles. The molecule has 15 heavy (non-hydrogen) atoms. The zero-order valence-electron chi connectivity index (χ0n) is 8.70. The lowest BCUT2D eigenvalue weighted by Crippen LogP contribution is -2.40. The maximum absolute atomic E-state index is 13.0. The normalized spacial score (nSPS) is 30.7. The number of nitrogens with zero attached hydrogens (tertiary/aromatic N) is 1. The van der Waals surface area contributed by atoms with Crippen LogP contribution in [0, 0.1) is 5.82 Å². The summed E-state index contributed by atoms with van der Waals surface area (Å²) in [4.78, 5) is 3.82. The Kier molecular flexibility index (Phi) is 2.71. The van der Waals surface area contributed by atoms with Crippen LogP contribution in [-0.2, 0) is 0 Å². The van der Waals surface area contributed by atoms with Gasteiger partial charge in [-0.25, -0.2) is 4.39 Å². The van der Waals surface area contributed by atoms with Crippen molar-refractivity contribution in [1.29, 1.82) is 0 Å². The van der Waals surface area contributed by atoms with Gasteiger partial charge >= 0.3 is 0 Å². The first-order chi connectivity index (χ1) is 7.13. The van der Waals surface area contributed by atoms with Crippen LogP contribution >= 0.6 is 0 Å². The summed E-state index contributed by atoms with van der Waals surface area (Å²) < 4.78 is 13.0. The van der Waals surface area contributed by atoms with Gasteiger partial charge in [0.05, 0.1) is 12.8 Å². The molecule has 0 radical (unpaired) electrons.